The molecule has 0 bridgehead atoms. The average molecular weight is 275 g/mol. The minimum atomic E-state index is 0.272. The van der Waals surface area contributed by atoms with Crippen LogP contribution in [-0.2, 0) is 0 Å². The molecule has 1 fully saturated rings. The predicted octanol–water partition coefficient (Wildman–Crippen LogP) is 4.27. The van der Waals surface area contributed by atoms with Gasteiger partial charge in [-0.25, -0.2) is 0 Å². The van der Waals surface area contributed by atoms with E-state index >= 15 is 0 Å². The van der Waals surface area contributed by atoms with E-state index in [1.165, 1.54) is 17.5 Å². The monoisotopic (exact) mass is 275 g/mol. The zero-order valence-corrected chi connectivity index (χ0v) is 13.8. The first kappa shape index (κ1) is 15.4. The van der Waals surface area contributed by atoms with E-state index in [1.54, 1.807) is 0 Å². The molecule has 0 aliphatic heterocycles. The lowest BCUT2D eigenvalue weighted by Gasteiger charge is -2.31. The minimum Gasteiger partial charge on any atom is -0.488 e. The number of hydrogen-bond acceptors (Lipinski definition) is 2. The van der Waals surface area contributed by atoms with Crippen molar-refractivity contribution in [3.63, 3.8) is 0 Å². The van der Waals surface area contributed by atoms with E-state index in [1.807, 2.05) is 7.05 Å². The molecule has 1 N–H and O–H groups in total. The van der Waals surface area contributed by atoms with Crippen LogP contribution in [0, 0.1) is 12.3 Å². The van der Waals surface area contributed by atoms with E-state index in [0.717, 1.165) is 12.2 Å². The van der Waals surface area contributed by atoms with Crippen molar-refractivity contribution in [1.29, 1.82) is 0 Å². The van der Waals surface area contributed by atoms with Crippen molar-refractivity contribution < 1.29 is 4.74 Å². The molecule has 0 saturated heterocycles. The molecule has 1 aromatic rings. The molecule has 1 aliphatic rings. The number of aryl methyl sites for hydroxylation is 1. The van der Waals surface area contributed by atoms with Crippen LogP contribution in [0.4, 0.5) is 0 Å². The molecular formula is C18H29NO. The summed E-state index contributed by atoms with van der Waals surface area (Å²) in [6.07, 6.45) is 2.62. The molecule has 2 nitrogen and oxygen atoms in total. The fraction of sp³-hybridized carbons (Fsp3) is 0.667. The molecular weight excluding hydrogens is 246 g/mol. The van der Waals surface area contributed by atoms with Crippen molar-refractivity contribution in [2.24, 2.45) is 5.41 Å². The third-order valence-electron chi connectivity index (χ3n) is 4.67. The molecule has 0 heterocycles. The molecule has 1 aliphatic carbocycles. The third-order valence-corrected chi connectivity index (χ3v) is 4.67. The number of benzene rings is 1. The van der Waals surface area contributed by atoms with Gasteiger partial charge in [0.15, 0.2) is 0 Å². The predicted molar refractivity (Wildman–Crippen MR) is 85.5 cm³/mol. The van der Waals surface area contributed by atoms with E-state index in [-0.39, 0.29) is 6.10 Å². The molecule has 2 unspecified atom stereocenters. The number of nitrogens with one attached hydrogen (secondary N) is 1. The summed E-state index contributed by atoms with van der Waals surface area (Å²) in [5, 5.41) is 3.46. The molecule has 1 aromatic carbocycles. The zero-order valence-electron chi connectivity index (χ0n) is 13.8. The second-order valence-electron chi connectivity index (χ2n) is 7.15. The summed E-state index contributed by atoms with van der Waals surface area (Å²) in [7, 11) is 2.05. The van der Waals surface area contributed by atoms with Gasteiger partial charge in [-0.2, -0.15) is 0 Å². The molecule has 20 heavy (non-hydrogen) atoms. The Morgan fingerprint density at radius 3 is 2.60 bits per heavy atom. The van der Waals surface area contributed by atoms with Gasteiger partial charge in [0.1, 0.15) is 11.9 Å². The first-order valence-corrected chi connectivity index (χ1v) is 7.79. The summed E-state index contributed by atoms with van der Waals surface area (Å²) in [6.45, 7) is 11.2. The van der Waals surface area contributed by atoms with E-state index in [2.05, 4.69) is 58.1 Å². The minimum absolute atomic E-state index is 0.272. The Kier molecular flexibility index (Phi) is 4.43. The van der Waals surface area contributed by atoms with Gasteiger partial charge in [-0.15, -0.1) is 0 Å². The maximum absolute atomic E-state index is 6.43. The van der Waals surface area contributed by atoms with Gasteiger partial charge in [0.2, 0.25) is 0 Å². The lowest BCUT2D eigenvalue weighted by atomic mass is 9.87. The molecule has 2 heteroatoms. The summed E-state index contributed by atoms with van der Waals surface area (Å²) in [6, 6.07) is 7.00. The highest BCUT2D eigenvalue weighted by Gasteiger charge is 2.42. The van der Waals surface area contributed by atoms with E-state index in [0.29, 0.717) is 17.4 Å². The number of ether oxygens (including phenoxy) is 1. The van der Waals surface area contributed by atoms with Crippen LogP contribution in [0.5, 0.6) is 5.75 Å². The van der Waals surface area contributed by atoms with Crippen molar-refractivity contribution in [3.8, 4) is 5.75 Å². The van der Waals surface area contributed by atoms with Crippen molar-refractivity contribution >= 4 is 0 Å². The van der Waals surface area contributed by atoms with Crippen LogP contribution in [-0.4, -0.2) is 19.2 Å². The zero-order chi connectivity index (χ0) is 14.9. The first-order chi connectivity index (χ1) is 9.35. The lowest BCUT2D eigenvalue weighted by Crippen LogP contribution is -2.44. The highest BCUT2D eigenvalue weighted by atomic mass is 16.5. The summed E-state index contributed by atoms with van der Waals surface area (Å²) < 4.78 is 6.43. The van der Waals surface area contributed by atoms with Gasteiger partial charge in [-0.1, -0.05) is 39.8 Å². The second kappa shape index (κ2) is 5.77. The Hall–Kier alpha value is -1.02. The Balaban J connectivity index is 2.24. The fourth-order valence-electron chi connectivity index (χ4n) is 3.43. The van der Waals surface area contributed by atoms with Crippen molar-refractivity contribution in [1.82, 2.24) is 5.32 Å². The lowest BCUT2D eigenvalue weighted by molar-refractivity contribution is 0.144. The first-order valence-electron chi connectivity index (χ1n) is 7.79. The highest BCUT2D eigenvalue weighted by molar-refractivity contribution is 5.39. The van der Waals surface area contributed by atoms with Crippen molar-refractivity contribution in [2.75, 3.05) is 7.05 Å². The normalized spacial score (nSPS) is 25.1. The van der Waals surface area contributed by atoms with Crippen LogP contribution in [0.15, 0.2) is 18.2 Å². The van der Waals surface area contributed by atoms with Gasteiger partial charge in [0, 0.05) is 6.04 Å². The van der Waals surface area contributed by atoms with Gasteiger partial charge >= 0.3 is 0 Å². The SMILES string of the molecule is CNC1C(Oc2cc(C)ccc2C(C)C)CCC1(C)C. The molecule has 0 spiro atoms. The standard InChI is InChI=1S/C18H29NO/c1-12(2)14-8-7-13(3)11-16(14)20-15-9-10-18(4,5)17(15)19-6/h7-8,11-12,15,17,19H,9-10H2,1-6H3. The summed E-state index contributed by atoms with van der Waals surface area (Å²) in [5.41, 5.74) is 2.89. The summed E-state index contributed by atoms with van der Waals surface area (Å²) in [5.74, 6) is 1.57. The summed E-state index contributed by atoms with van der Waals surface area (Å²) in [4.78, 5) is 0. The molecule has 2 rings (SSSR count). The molecule has 2 atom stereocenters. The van der Waals surface area contributed by atoms with Gasteiger partial charge in [0.05, 0.1) is 0 Å². The van der Waals surface area contributed by atoms with Crippen LogP contribution in [0.2, 0.25) is 0 Å². The van der Waals surface area contributed by atoms with Gasteiger partial charge in [0.25, 0.3) is 0 Å². The van der Waals surface area contributed by atoms with Crippen LogP contribution < -0.4 is 10.1 Å². The fourth-order valence-corrected chi connectivity index (χ4v) is 3.43. The van der Waals surface area contributed by atoms with Gasteiger partial charge in [-0.3, -0.25) is 0 Å². The van der Waals surface area contributed by atoms with Crippen LogP contribution in [0.25, 0.3) is 0 Å². The molecule has 112 valence electrons. The molecule has 1 saturated carbocycles. The average Bonchev–Trinajstić information content (AvgIpc) is 2.63. The van der Waals surface area contributed by atoms with E-state index in [4.69, 9.17) is 4.74 Å². The molecule has 0 amide bonds. The Morgan fingerprint density at radius 1 is 1.30 bits per heavy atom. The van der Waals surface area contributed by atoms with Crippen molar-refractivity contribution in [3.05, 3.63) is 29.3 Å². The van der Waals surface area contributed by atoms with E-state index in [9.17, 15) is 0 Å². The second-order valence-corrected chi connectivity index (χ2v) is 7.15. The molecule has 0 radical (unpaired) electrons. The number of rotatable bonds is 4. The largest absolute Gasteiger partial charge is 0.488 e. The van der Waals surface area contributed by atoms with E-state index < -0.39 is 0 Å². The maximum Gasteiger partial charge on any atom is 0.123 e. The summed E-state index contributed by atoms with van der Waals surface area (Å²) >= 11 is 0. The Morgan fingerprint density at radius 2 is 2.00 bits per heavy atom. The van der Waals surface area contributed by atoms with Crippen LogP contribution >= 0.6 is 0 Å². The smallest absolute Gasteiger partial charge is 0.123 e. The molecule has 0 aromatic heterocycles. The Labute approximate surface area is 123 Å². The van der Waals surface area contributed by atoms with Crippen LogP contribution in [0.3, 0.4) is 0 Å². The maximum atomic E-state index is 6.43. The third kappa shape index (κ3) is 3.01. The van der Waals surface area contributed by atoms with Crippen LogP contribution in [0.1, 0.15) is 57.6 Å². The highest BCUT2D eigenvalue weighted by Crippen LogP contribution is 2.40. The van der Waals surface area contributed by atoms with Gasteiger partial charge < -0.3 is 10.1 Å². The number of hydrogen-bond donors (Lipinski definition) is 1. The Bertz CT molecular complexity index is 464. The quantitative estimate of drug-likeness (QED) is 0.886. The van der Waals surface area contributed by atoms with Gasteiger partial charge in [-0.05, 0) is 55.3 Å². The topological polar surface area (TPSA) is 21.3 Å². The van der Waals surface area contributed by atoms with Crippen molar-refractivity contribution in [2.45, 2.75) is 65.5 Å². The number of likely N-dealkylation sites (N-methyl/N-ethyl adjacent to an activating group) is 1.